The Morgan fingerprint density at radius 3 is 2.47 bits per heavy atom. The molecular weight excluding hydrogens is 190 g/mol. The van der Waals surface area contributed by atoms with Crippen LogP contribution in [0.3, 0.4) is 0 Å². The molecule has 86 valence electrons. The van der Waals surface area contributed by atoms with Crippen molar-refractivity contribution < 1.29 is 9.53 Å². The lowest BCUT2D eigenvalue weighted by Gasteiger charge is -2.30. The van der Waals surface area contributed by atoms with Crippen molar-refractivity contribution in [2.45, 2.75) is 44.1 Å². The van der Waals surface area contributed by atoms with Crippen LogP contribution < -0.4 is 5.32 Å². The van der Waals surface area contributed by atoms with Crippen molar-refractivity contribution in [3.8, 4) is 0 Å². The minimum absolute atomic E-state index is 0.119. The molecule has 0 amide bonds. The summed E-state index contributed by atoms with van der Waals surface area (Å²) < 4.78 is 4.91. The van der Waals surface area contributed by atoms with E-state index >= 15 is 0 Å². The predicted molar refractivity (Wildman–Crippen MR) is 60.6 cm³/mol. The Balaban J connectivity index is 2.72. The summed E-state index contributed by atoms with van der Waals surface area (Å²) in [5.41, 5.74) is -0.459. The van der Waals surface area contributed by atoms with E-state index in [0.717, 1.165) is 25.7 Å². The highest BCUT2D eigenvalue weighted by Gasteiger charge is 2.38. The predicted octanol–water partition coefficient (Wildman–Crippen LogP) is 2.03. The van der Waals surface area contributed by atoms with Gasteiger partial charge in [-0.15, -0.1) is 6.58 Å². The van der Waals surface area contributed by atoms with E-state index in [9.17, 15) is 4.79 Å². The smallest absolute Gasteiger partial charge is 0.326 e. The number of nitrogens with one attached hydrogen (secondary N) is 1. The molecule has 15 heavy (non-hydrogen) atoms. The quantitative estimate of drug-likeness (QED) is 0.439. The molecule has 0 atom stereocenters. The average Bonchev–Trinajstić information content (AvgIpc) is 2.51. The summed E-state index contributed by atoms with van der Waals surface area (Å²) in [7, 11) is 1.46. The molecule has 0 heterocycles. The molecule has 0 bridgehead atoms. The van der Waals surface area contributed by atoms with Crippen LogP contribution in [0.4, 0.5) is 0 Å². The van der Waals surface area contributed by atoms with Gasteiger partial charge < -0.3 is 4.74 Å². The Bertz CT molecular complexity index is 218. The summed E-state index contributed by atoms with van der Waals surface area (Å²) in [5, 5.41) is 3.28. The molecule has 0 radical (unpaired) electrons. The van der Waals surface area contributed by atoms with E-state index in [2.05, 4.69) is 11.9 Å². The minimum Gasteiger partial charge on any atom is -0.468 e. The lowest BCUT2D eigenvalue weighted by Crippen LogP contribution is -2.52. The highest BCUT2D eigenvalue weighted by atomic mass is 16.5. The highest BCUT2D eigenvalue weighted by Crippen LogP contribution is 2.28. The van der Waals surface area contributed by atoms with Crippen molar-refractivity contribution >= 4 is 5.97 Å². The SMILES string of the molecule is C=CCNC1(C(=O)OC)CCCCCC1. The van der Waals surface area contributed by atoms with Crippen LogP contribution in [0.15, 0.2) is 12.7 Å². The molecule has 1 fully saturated rings. The van der Waals surface area contributed by atoms with E-state index in [0.29, 0.717) is 6.54 Å². The zero-order valence-corrected chi connectivity index (χ0v) is 9.55. The van der Waals surface area contributed by atoms with Gasteiger partial charge in [0.1, 0.15) is 5.54 Å². The van der Waals surface area contributed by atoms with Crippen LogP contribution >= 0.6 is 0 Å². The number of carbonyl (C=O) groups is 1. The molecule has 0 aromatic carbocycles. The number of methoxy groups -OCH3 is 1. The van der Waals surface area contributed by atoms with Crippen molar-refractivity contribution in [1.29, 1.82) is 0 Å². The molecule has 0 spiro atoms. The van der Waals surface area contributed by atoms with Gasteiger partial charge in [-0.2, -0.15) is 0 Å². The number of rotatable bonds is 4. The second kappa shape index (κ2) is 5.91. The van der Waals surface area contributed by atoms with Gasteiger partial charge in [-0.05, 0) is 12.8 Å². The Morgan fingerprint density at radius 1 is 1.40 bits per heavy atom. The van der Waals surface area contributed by atoms with Crippen LogP contribution in [0.25, 0.3) is 0 Å². The van der Waals surface area contributed by atoms with Crippen LogP contribution in [0.1, 0.15) is 38.5 Å². The van der Waals surface area contributed by atoms with E-state index in [1.54, 1.807) is 6.08 Å². The summed E-state index contributed by atoms with van der Waals surface area (Å²) in [5.74, 6) is -0.119. The van der Waals surface area contributed by atoms with Gasteiger partial charge >= 0.3 is 5.97 Å². The molecular formula is C12H21NO2. The Morgan fingerprint density at radius 2 is 2.00 bits per heavy atom. The summed E-state index contributed by atoms with van der Waals surface area (Å²) >= 11 is 0. The largest absolute Gasteiger partial charge is 0.468 e. The maximum absolute atomic E-state index is 11.8. The summed E-state index contributed by atoms with van der Waals surface area (Å²) in [4.78, 5) is 11.8. The molecule has 1 N–H and O–H groups in total. The fourth-order valence-corrected chi connectivity index (χ4v) is 2.25. The van der Waals surface area contributed by atoms with Crippen LogP contribution in [0.2, 0.25) is 0 Å². The number of hydrogen-bond acceptors (Lipinski definition) is 3. The van der Waals surface area contributed by atoms with Crippen LogP contribution in [-0.2, 0) is 9.53 Å². The molecule has 3 nitrogen and oxygen atoms in total. The zero-order valence-electron chi connectivity index (χ0n) is 9.55. The van der Waals surface area contributed by atoms with Crippen molar-refractivity contribution in [2.75, 3.05) is 13.7 Å². The second-order valence-electron chi connectivity index (χ2n) is 4.16. The van der Waals surface area contributed by atoms with Crippen LogP contribution in [-0.4, -0.2) is 25.2 Å². The fourth-order valence-electron chi connectivity index (χ4n) is 2.25. The van der Waals surface area contributed by atoms with E-state index < -0.39 is 5.54 Å². The van der Waals surface area contributed by atoms with Gasteiger partial charge in [0.15, 0.2) is 0 Å². The van der Waals surface area contributed by atoms with E-state index in [1.807, 2.05) is 0 Å². The third-order valence-electron chi connectivity index (χ3n) is 3.12. The lowest BCUT2D eigenvalue weighted by atomic mass is 9.90. The summed E-state index contributed by atoms with van der Waals surface area (Å²) in [6, 6.07) is 0. The number of ether oxygens (including phenoxy) is 1. The van der Waals surface area contributed by atoms with Gasteiger partial charge in [0.25, 0.3) is 0 Å². The molecule has 0 aromatic heterocycles. The Kier molecular flexibility index (Phi) is 4.82. The van der Waals surface area contributed by atoms with E-state index in [4.69, 9.17) is 4.74 Å². The van der Waals surface area contributed by atoms with Crippen molar-refractivity contribution in [3.05, 3.63) is 12.7 Å². The Hall–Kier alpha value is -0.830. The summed E-state index contributed by atoms with van der Waals surface area (Å²) in [6.45, 7) is 4.33. The van der Waals surface area contributed by atoms with Gasteiger partial charge in [-0.1, -0.05) is 31.8 Å². The fraction of sp³-hybridized carbons (Fsp3) is 0.750. The van der Waals surface area contributed by atoms with E-state index in [-0.39, 0.29) is 5.97 Å². The normalized spacial score (nSPS) is 20.3. The first-order valence-electron chi connectivity index (χ1n) is 5.69. The Labute approximate surface area is 91.9 Å². The molecule has 1 aliphatic carbocycles. The number of esters is 1. The molecule has 0 aromatic rings. The topological polar surface area (TPSA) is 38.3 Å². The molecule has 0 aliphatic heterocycles. The molecule has 0 unspecified atom stereocenters. The van der Waals surface area contributed by atoms with E-state index in [1.165, 1.54) is 20.0 Å². The standard InChI is InChI=1S/C12H21NO2/c1-3-10-13-12(11(14)15-2)8-6-4-5-7-9-12/h3,13H,1,4-10H2,2H3. The molecule has 1 aliphatic rings. The minimum atomic E-state index is -0.459. The van der Waals surface area contributed by atoms with Crippen LogP contribution in [0, 0.1) is 0 Å². The van der Waals surface area contributed by atoms with Crippen molar-refractivity contribution in [1.82, 2.24) is 5.32 Å². The first kappa shape index (κ1) is 12.2. The number of hydrogen-bond donors (Lipinski definition) is 1. The third kappa shape index (κ3) is 3.06. The maximum atomic E-state index is 11.8. The van der Waals surface area contributed by atoms with Gasteiger partial charge in [-0.25, -0.2) is 0 Å². The zero-order chi connectivity index (χ0) is 11.1. The molecule has 1 saturated carbocycles. The first-order chi connectivity index (χ1) is 7.25. The molecule has 0 saturated heterocycles. The van der Waals surface area contributed by atoms with Crippen molar-refractivity contribution in [2.24, 2.45) is 0 Å². The second-order valence-corrected chi connectivity index (χ2v) is 4.16. The van der Waals surface area contributed by atoms with Crippen molar-refractivity contribution in [3.63, 3.8) is 0 Å². The first-order valence-corrected chi connectivity index (χ1v) is 5.69. The third-order valence-corrected chi connectivity index (χ3v) is 3.12. The van der Waals surface area contributed by atoms with Gasteiger partial charge in [-0.3, -0.25) is 10.1 Å². The highest BCUT2D eigenvalue weighted by molar-refractivity contribution is 5.80. The van der Waals surface area contributed by atoms with Gasteiger partial charge in [0.05, 0.1) is 7.11 Å². The van der Waals surface area contributed by atoms with Gasteiger partial charge in [0.2, 0.25) is 0 Å². The number of carbonyl (C=O) groups excluding carboxylic acids is 1. The summed E-state index contributed by atoms with van der Waals surface area (Å²) in [6.07, 6.45) is 8.18. The lowest BCUT2D eigenvalue weighted by molar-refractivity contribution is -0.149. The van der Waals surface area contributed by atoms with Crippen LogP contribution in [0.5, 0.6) is 0 Å². The molecule has 1 rings (SSSR count). The maximum Gasteiger partial charge on any atom is 0.326 e. The monoisotopic (exact) mass is 211 g/mol. The molecule has 3 heteroatoms. The average molecular weight is 211 g/mol. The van der Waals surface area contributed by atoms with Gasteiger partial charge in [0, 0.05) is 6.54 Å².